The van der Waals surface area contributed by atoms with Gasteiger partial charge in [0.05, 0.1) is 5.75 Å². The van der Waals surface area contributed by atoms with E-state index in [1.54, 1.807) is 0 Å². The second-order valence-electron chi connectivity index (χ2n) is 5.98. The highest BCUT2D eigenvalue weighted by atomic mass is 32.2. The van der Waals surface area contributed by atoms with Crippen LogP contribution < -0.4 is 14.8 Å². The Labute approximate surface area is 145 Å². The molecule has 4 nitrogen and oxygen atoms in total. The molecule has 124 valence electrons. The summed E-state index contributed by atoms with van der Waals surface area (Å²) in [4.78, 5) is 13.2. The molecule has 1 aliphatic carbocycles. The number of carbonyl (C=O) groups excluding carboxylic acids is 1. The van der Waals surface area contributed by atoms with Gasteiger partial charge < -0.3 is 14.8 Å². The van der Waals surface area contributed by atoms with E-state index in [1.807, 2.05) is 24.3 Å². The van der Waals surface area contributed by atoms with Crippen LogP contribution in [0.3, 0.4) is 0 Å². The van der Waals surface area contributed by atoms with Crippen LogP contribution in [0.1, 0.15) is 17.5 Å². The van der Waals surface area contributed by atoms with Crippen LogP contribution in [0.5, 0.6) is 11.5 Å². The second-order valence-corrected chi connectivity index (χ2v) is 7.03. The molecule has 2 aromatic carbocycles. The summed E-state index contributed by atoms with van der Waals surface area (Å²) >= 11 is 1.50. The standard InChI is InChI=1S/C19H19NO3S/c21-19(20-15-5-4-13-2-1-3-14(13)10-15)12-24-16-6-7-17-18(11-16)23-9-8-22-17/h4-7,10-11H,1-3,8-9,12H2,(H,20,21). The van der Waals surface area contributed by atoms with Gasteiger partial charge in [0.1, 0.15) is 13.2 Å². The number of aryl methyl sites for hydroxylation is 2. The van der Waals surface area contributed by atoms with Crippen LogP contribution in [0.4, 0.5) is 5.69 Å². The van der Waals surface area contributed by atoms with E-state index >= 15 is 0 Å². The van der Waals surface area contributed by atoms with Crippen molar-refractivity contribution < 1.29 is 14.3 Å². The predicted molar refractivity (Wildman–Crippen MR) is 95.3 cm³/mol. The lowest BCUT2D eigenvalue weighted by Crippen LogP contribution is -2.15. The van der Waals surface area contributed by atoms with Crippen LogP contribution in [0.2, 0.25) is 0 Å². The van der Waals surface area contributed by atoms with Crippen molar-refractivity contribution >= 4 is 23.4 Å². The van der Waals surface area contributed by atoms with Gasteiger partial charge in [-0.15, -0.1) is 11.8 Å². The van der Waals surface area contributed by atoms with Gasteiger partial charge in [0.15, 0.2) is 11.5 Å². The van der Waals surface area contributed by atoms with Gasteiger partial charge in [-0.3, -0.25) is 4.79 Å². The Kier molecular flexibility index (Phi) is 4.34. The summed E-state index contributed by atoms with van der Waals surface area (Å²) in [5.41, 5.74) is 3.68. The predicted octanol–water partition coefficient (Wildman–Crippen LogP) is 3.68. The molecule has 2 aliphatic rings. The van der Waals surface area contributed by atoms with E-state index in [4.69, 9.17) is 9.47 Å². The molecule has 0 fully saturated rings. The number of benzene rings is 2. The third kappa shape index (κ3) is 3.36. The molecule has 1 N–H and O–H groups in total. The molecule has 1 amide bonds. The monoisotopic (exact) mass is 341 g/mol. The Hall–Kier alpha value is -2.14. The zero-order valence-corrected chi connectivity index (χ0v) is 14.2. The number of ether oxygens (including phenoxy) is 2. The van der Waals surface area contributed by atoms with Gasteiger partial charge in [-0.1, -0.05) is 6.07 Å². The smallest absolute Gasteiger partial charge is 0.234 e. The van der Waals surface area contributed by atoms with Gasteiger partial charge in [0, 0.05) is 10.6 Å². The summed E-state index contributed by atoms with van der Waals surface area (Å²) in [6.07, 6.45) is 3.49. The van der Waals surface area contributed by atoms with Crippen LogP contribution in [-0.2, 0) is 17.6 Å². The van der Waals surface area contributed by atoms with Crippen molar-refractivity contribution in [2.45, 2.75) is 24.2 Å². The van der Waals surface area contributed by atoms with E-state index in [0.29, 0.717) is 19.0 Å². The number of anilines is 1. The summed E-state index contributed by atoms with van der Waals surface area (Å²) in [5.74, 6) is 1.91. The molecule has 0 spiro atoms. The first-order valence-electron chi connectivity index (χ1n) is 8.22. The maximum Gasteiger partial charge on any atom is 0.234 e. The summed E-state index contributed by atoms with van der Waals surface area (Å²) in [6.45, 7) is 1.16. The fourth-order valence-corrected chi connectivity index (χ4v) is 3.83. The molecule has 0 atom stereocenters. The minimum atomic E-state index is 0.00726. The molecule has 0 unspecified atom stereocenters. The van der Waals surface area contributed by atoms with Crippen molar-refractivity contribution in [2.24, 2.45) is 0 Å². The maximum absolute atomic E-state index is 12.2. The van der Waals surface area contributed by atoms with Crippen molar-refractivity contribution in [3.05, 3.63) is 47.5 Å². The molecule has 0 bridgehead atoms. The first kappa shape index (κ1) is 15.4. The third-order valence-corrected chi connectivity index (χ3v) is 5.26. The van der Waals surface area contributed by atoms with E-state index in [1.165, 1.54) is 29.3 Å². The van der Waals surface area contributed by atoms with E-state index in [-0.39, 0.29) is 5.91 Å². The van der Waals surface area contributed by atoms with Crippen molar-refractivity contribution in [3.8, 4) is 11.5 Å². The minimum absolute atomic E-state index is 0.00726. The van der Waals surface area contributed by atoms with Gasteiger partial charge in [-0.2, -0.15) is 0 Å². The maximum atomic E-state index is 12.2. The Morgan fingerprint density at radius 3 is 2.75 bits per heavy atom. The molecular weight excluding hydrogens is 322 g/mol. The highest BCUT2D eigenvalue weighted by molar-refractivity contribution is 8.00. The third-order valence-electron chi connectivity index (χ3n) is 4.27. The molecule has 0 saturated heterocycles. The normalized spacial score (nSPS) is 15.0. The molecule has 1 aliphatic heterocycles. The van der Waals surface area contributed by atoms with Gasteiger partial charge in [0.25, 0.3) is 0 Å². The fourth-order valence-electron chi connectivity index (χ4n) is 3.11. The number of rotatable bonds is 4. The zero-order chi connectivity index (χ0) is 16.4. The average Bonchev–Trinajstić information content (AvgIpc) is 3.07. The largest absolute Gasteiger partial charge is 0.486 e. The molecule has 4 rings (SSSR count). The van der Waals surface area contributed by atoms with Gasteiger partial charge in [-0.25, -0.2) is 0 Å². The fraction of sp³-hybridized carbons (Fsp3) is 0.316. The molecule has 24 heavy (non-hydrogen) atoms. The van der Waals surface area contributed by atoms with Gasteiger partial charge >= 0.3 is 0 Å². The van der Waals surface area contributed by atoms with Crippen molar-refractivity contribution in [3.63, 3.8) is 0 Å². The molecule has 5 heteroatoms. The molecule has 0 aromatic heterocycles. The van der Waals surface area contributed by atoms with Crippen LogP contribution in [-0.4, -0.2) is 24.9 Å². The van der Waals surface area contributed by atoms with E-state index in [9.17, 15) is 4.79 Å². The number of carbonyl (C=O) groups is 1. The van der Waals surface area contributed by atoms with Crippen molar-refractivity contribution in [1.29, 1.82) is 0 Å². The molecule has 2 aromatic rings. The average molecular weight is 341 g/mol. The highest BCUT2D eigenvalue weighted by Gasteiger charge is 2.14. The first-order valence-corrected chi connectivity index (χ1v) is 9.20. The second kappa shape index (κ2) is 6.77. The van der Waals surface area contributed by atoms with Crippen LogP contribution in [0.25, 0.3) is 0 Å². The van der Waals surface area contributed by atoms with Crippen LogP contribution in [0.15, 0.2) is 41.3 Å². The molecular formula is C19H19NO3S. The van der Waals surface area contributed by atoms with Gasteiger partial charge in [0.2, 0.25) is 5.91 Å². The lowest BCUT2D eigenvalue weighted by Gasteiger charge is -2.18. The number of nitrogens with one attached hydrogen (secondary N) is 1. The van der Waals surface area contributed by atoms with Crippen LogP contribution in [0, 0.1) is 0 Å². The number of hydrogen-bond acceptors (Lipinski definition) is 4. The Morgan fingerprint density at radius 1 is 1.00 bits per heavy atom. The number of hydrogen-bond donors (Lipinski definition) is 1. The summed E-state index contributed by atoms with van der Waals surface area (Å²) < 4.78 is 11.1. The lowest BCUT2D eigenvalue weighted by atomic mass is 10.1. The summed E-state index contributed by atoms with van der Waals surface area (Å²) in [7, 11) is 0. The number of thioether (sulfide) groups is 1. The van der Waals surface area contributed by atoms with Crippen molar-refractivity contribution in [1.82, 2.24) is 0 Å². The lowest BCUT2D eigenvalue weighted by molar-refractivity contribution is -0.113. The SMILES string of the molecule is O=C(CSc1ccc2c(c1)OCCO2)Nc1ccc2c(c1)CCC2. The topological polar surface area (TPSA) is 47.6 Å². The van der Waals surface area contributed by atoms with Gasteiger partial charge in [-0.05, 0) is 60.7 Å². The number of fused-ring (bicyclic) bond motifs is 2. The van der Waals surface area contributed by atoms with E-state index in [2.05, 4.69) is 17.4 Å². The molecule has 0 radical (unpaired) electrons. The minimum Gasteiger partial charge on any atom is -0.486 e. The molecule has 0 saturated carbocycles. The van der Waals surface area contributed by atoms with E-state index < -0.39 is 0 Å². The van der Waals surface area contributed by atoms with E-state index in [0.717, 1.165) is 34.9 Å². The number of amides is 1. The summed E-state index contributed by atoms with van der Waals surface area (Å²) in [5, 5.41) is 2.99. The Bertz CT molecular complexity index is 775. The molecule has 1 heterocycles. The first-order chi connectivity index (χ1) is 11.8. The van der Waals surface area contributed by atoms with Crippen LogP contribution >= 0.6 is 11.8 Å². The summed E-state index contributed by atoms with van der Waals surface area (Å²) in [6, 6.07) is 12.0. The zero-order valence-electron chi connectivity index (χ0n) is 13.3. The highest BCUT2D eigenvalue weighted by Crippen LogP contribution is 2.34. The Morgan fingerprint density at radius 2 is 1.83 bits per heavy atom. The Balaban J connectivity index is 1.35. The van der Waals surface area contributed by atoms with Crippen molar-refractivity contribution in [2.75, 3.05) is 24.3 Å². The quantitative estimate of drug-likeness (QED) is 0.862.